The quantitative estimate of drug-likeness (QED) is 0.491. The molecule has 0 fully saturated rings. The van der Waals surface area contributed by atoms with Crippen molar-refractivity contribution < 1.29 is 20.3 Å². The fraction of sp³-hybridized carbons (Fsp3) is 0.500. The molecule has 0 aliphatic carbocycles. The van der Waals surface area contributed by atoms with Crippen molar-refractivity contribution in [1.29, 1.82) is 0 Å². The number of ether oxygens (including phenoxy) is 1. The normalized spacial score (nSPS) is 4.71. The molecule has 7 heavy (non-hydrogen) atoms. The van der Waals surface area contributed by atoms with Crippen LogP contribution in [0.3, 0.4) is 0 Å². The molecule has 3 nitrogen and oxygen atoms in total. The second-order valence-electron chi connectivity index (χ2n) is 0.470. The van der Waals surface area contributed by atoms with Gasteiger partial charge in [-0.25, -0.2) is 4.79 Å². The van der Waals surface area contributed by atoms with E-state index in [1.807, 2.05) is 0 Å². The fourth-order valence-corrected chi connectivity index (χ4v) is 0. The maximum atomic E-state index is 9.15. The second kappa shape index (κ2) is 11.0. The maximum Gasteiger partial charge on any atom is 2.00 e. The minimum Gasteiger partial charge on any atom is -1.00 e. The van der Waals surface area contributed by atoms with E-state index in [1.54, 1.807) is 0 Å². The molecule has 5 heteroatoms. The average molecular weight is 257 g/mol. The summed E-state index contributed by atoms with van der Waals surface area (Å²) < 4.78 is 3.67. The minimum absolute atomic E-state index is 0. The molecule has 0 aromatic rings. The van der Waals surface area contributed by atoms with E-state index in [9.17, 15) is 0 Å². The third-order valence-corrected chi connectivity index (χ3v) is 0.175. The standard InChI is InChI=1S/C2H4O3.Ba.Ca.4H/c1-5-2(3)4;;;;;;/h1H3,(H,3,4);;;;;;/q;2*+2;4*-1. The van der Waals surface area contributed by atoms with E-state index < -0.39 is 6.16 Å². The molecule has 0 rings (SSSR count). The van der Waals surface area contributed by atoms with Crippen molar-refractivity contribution in [3.8, 4) is 0 Å². The van der Waals surface area contributed by atoms with Gasteiger partial charge in [-0.2, -0.15) is 0 Å². The Labute approximate surface area is 118 Å². The molecule has 0 radical (unpaired) electrons. The summed E-state index contributed by atoms with van der Waals surface area (Å²) in [5.41, 5.74) is 0. The van der Waals surface area contributed by atoms with Crippen LogP contribution in [0.5, 0.6) is 0 Å². The Morgan fingerprint density at radius 1 is 1.86 bits per heavy atom. The first kappa shape index (κ1) is 16.0. The maximum absolute atomic E-state index is 9.15. The van der Waals surface area contributed by atoms with Crippen molar-refractivity contribution >= 4 is 92.8 Å². The smallest absolute Gasteiger partial charge is 1.00 e. The van der Waals surface area contributed by atoms with Gasteiger partial charge in [-0.1, -0.05) is 0 Å². The monoisotopic (exact) mass is 258 g/mol. The minimum atomic E-state index is -1.25. The fourth-order valence-electron chi connectivity index (χ4n) is 0. The van der Waals surface area contributed by atoms with Crippen LogP contribution in [0.2, 0.25) is 0 Å². The molecule has 0 aromatic heterocycles. The number of hydrogen-bond donors (Lipinski definition) is 1. The van der Waals surface area contributed by atoms with Gasteiger partial charge in [0, 0.05) is 0 Å². The third-order valence-electron chi connectivity index (χ3n) is 0.175. The first-order valence-electron chi connectivity index (χ1n) is 1.04. The van der Waals surface area contributed by atoms with Gasteiger partial charge in [-0.3, -0.25) is 0 Å². The van der Waals surface area contributed by atoms with Crippen molar-refractivity contribution in [3.05, 3.63) is 0 Å². The van der Waals surface area contributed by atoms with E-state index >= 15 is 0 Å². The number of methoxy groups -OCH3 is 1. The Kier molecular flexibility index (Phi) is 25.2. The van der Waals surface area contributed by atoms with E-state index in [4.69, 9.17) is 9.90 Å². The second-order valence-corrected chi connectivity index (χ2v) is 0.470. The van der Waals surface area contributed by atoms with Gasteiger partial charge in [0.2, 0.25) is 0 Å². The molecule has 38 valence electrons. The molecule has 0 aliphatic rings. The molecule has 0 saturated carbocycles. The zero-order chi connectivity index (χ0) is 4.28. The van der Waals surface area contributed by atoms with E-state index in [2.05, 4.69) is 4.74 Å². The molecule has 0 unspecified atom stereocenters. The van der Waals surface area contributed by atoms with Crippen LogP contribution in [-0.2, 0) is 4.74 Å². The predicted octanol–water partition coefficient (Wildman–Crippen LogP) is -0.000800. The molecule has 0 amide bonds. The van der Waals surface area contributed by atoms with E-state index in [1.165, 1.54) is 0 Å². The zero-order valence-corrected chi connectivity index (χ0v) is 10.8. The molecular formula is C2H8BaCaO3. The van der Waals surface area contributed by atoms with Crippen LogP contribution in [-0.4, -0.2) is 105 Å². The third kappa shape index (κ3) is 17.9. The van der Waals surface area contributed by atoms with Crippen LogP contribution < -0.4 is 0 Å². The molecule has 0 aliphatic heterocycles. The van der Waals surface area contributed by atoms with Crippen molar-refractivity contribution in [2.24, 2.45) is 0 Å². The first-order chi connectivity index (χ1) is 2.27. The summed E-state index contributed by atoms with van der Waals surface area (Å²) in [7, 11) is 1.10. The molecule has 0 saturated heterocycles. The van der Waals surface area contributed by atoms with Crippen LogP contribution in [0, 0.1) is 0 Å². The summed E-state index contributed by atoms with van der Waals surface area (Å²) in [5.74, 6) is 0. The Morgan fingerprint density at radius 3 is 2.00 bits per heavy atom. The van der Waals surface area contributed by atoms with Crippen molar-refractivity contribution in [2.45, 2.75) is 0 Å². The van der Waals surface area contributed by atoms with Crippen molar-refractivity contribution in [3.63, 3.8) is 0 Å². The largest absolute Gasteiger partial charge is 2.00 e. The predicted molar refractivity (Wildman–Crippen MR) is 31.0 cm³/mol. The first-order valence-corrected chi connectivity index (χ1v) is 1.04. The Morgan fingerprint density at radius 2 is 2.00 bits per heavy atom. The molecule has 1 N–H and O–H groups in total. The number of rotatable bonds is 0. The summed E-state index contributed by atoms with van der Waals surface area (Å²) in [6, 6.07) is 0. The zero-order valence-electron chi connectivity index (χ0n) is 8.18. The van der Waals surface area contributed by atoms with E-state index in [0.717, 1.165) is 7.11 Å². The summed E-state index contributed by atoms with van der Waals surface area (Å²) in [6.45, 7) is 0. The summed E-state index contributed by atoms with van der Waals surface area (Å²) in [4.78, 5) is 9.15. The van der Waals surface area contributed by atoms with Crippen LogP contribution >= 0.6 is 0 Å². The molecule has 0 aromatic carbocycles. The number of hydrogen-bond acceptors (Lipinski definition) is 2. The SMILES string of the molecule is COC(=O)O.[Ba+2].[Ca+2].[H-].[H-].[H-].[H-]. The topological polar surface area (TPSA) is 46.5 Å². The van der Waals surface area contributed by atoms with Gasteiger partial charge in [0.25, 0.3) is 0 Å². The van der Waals surface area contributed by atoms with Crippen molar-refractivity contribution in [1.82, 2.24) is 0 Å². The van der Waals surface area contributed by atoms with Gasteiger partial charge in [0.15, 0.2) is 0 Å². The number of carbonyl (C=O) groups is 1. The van der Waals surface area contributed by atoms with E-state index in [0.29, 0.717) is 0 Å². The van der Waals surface area contributed by atoms with Crippen LogP contribution in [0.15, 0.2) is 0 Å². The van der Waals surface area contributed by atoms with Gasteiger partial charge < -0.3 is 15.5 Å². The van der Waals surface area contributed by atoms with E-state index in [-0.39, 0.29) is 92.3 Å². The van der Waals surface area contributed by atoms with Crippen LogP contribution in [0.1, 0.15) is 5.71 Å². The summed E-state index contributed by atoms with van der Waals surface area (Å²) >= 11 is 0. The summed E-state index contributed by atoms with van der Waals surface area (Å²) in [5, 5.41) is 7.50. The Balaban J connectivity index is -0.00000000533. The molecule has 0 atom stereocenters. The molecule has 0 spiro atoms. The molecule has 0 bridgehead atoms. The van der Waals surface area contributed by atoms with Gasteiger partial charge >= 0.3 is 92.8 Å². The van der Waals surface area contributed by atoms with Crippen LogP contribution in [0.25, 0.3) is 0 Å². The van der Waals surface area contributed by atoms with Crippen LogP contribution in [0.4, 0.5) is 4.79 Å². The van der Waals surface area contributed by atoms with Gasteiger partial charge in [-0.15, -0.1) is 0 Å². The van der Waals surface area contributed by atoms with Gasteiger partial charge in [0.05, 0.1) is 7.11 Å². The molecular weight excluding hydrogens is 249 g/mol. The molecule has 0 heterocycles. The summed E-state index contributed by atoms with van der Waals surface area (Å²) in [6.07, 6.45) is -1.25. The average Bonchev–Trinajstić information content (AvgIpc) is 1.38. The van der Waals surface area contributed by atoms with Gasteiger partial charge in [0.1, 0.15) is 0 Å². The Bertz CT molecular complexity index is 58.6. The number of carboxylic acid groups (broad SMARTS) is 1. The Hall–Kier alpha value is 2.10. The van der Waals surface area contributed by atoms with Gasteiger partial charge in [-0.05, 0) is 0 Å². The van der Waals surface area contributed by atoms with Crippen molar-refractivity contribution in [2.75, 3.05) is 7.11 Å².